The van der Waals surface area contributed by atoms with Crippen LogP contribution < -0.4 is 5.32 Å². The molecule has 3 aromatic rings. The Bertz CT molecular complexity index is 1030. The van der Waals surface area contributed by atoms with Gasteiger partial charge in [0.2, 0.25) is 5.91 Å². The van der Waals surface area contributed by atoms with Crippen molar-refractivity contribution >= 4 is 34.1 Å². The number of aromatic nitrogens is 1. The van der Waals surface area contributed by atoms with Crippen LogP contribution in [-0.2, 0) is 4.79 Å². The van der Waals surface area contributed by atoms with Crippen LogP contribution in [0.5, 0.6) is 0 Å². The highest BCUT2D eigenvalue weighted by Gasteiger charge is 2.32. The van der Waals surface area contributed by atoms with Gasteiger partial charge in [-0.05, 0) is 92.0 Å². The Labute approximate surface area is 181 Å². The fourth-order valence-corrected chi connectivity index (χ4v) is 4.96. The second-order valence-electron chi connectivity index (χ2n) is 8.18. The lowest BCUT2D eigenvalue weighted by Gasteiger charge is -2.33. The van der Waals surface area contributed by atoms with Gasteiger partial charge in [0.1, 0.15) is 5.82 Å². The van der Waals surface area contributed by atoms with Crippen molar-refractivity contribution in [2.45, 2.75) is 44.9 Å². The van der Waals surface area contributed by atoms with Crippen LogP contribution in [0.1, 0.15) is 50.5 Å². The Balaban J connectivity index is 1.43. The van der Waals surface area contributed by atoms with Crippen LogP contribution in [0.15, 0.2) is 54.7 Å². The number of hydrogen-bond donors (Lipinski definition) is 1. The molecule has 0 spiro atoms. The standard InChI is InChI=1S/C25H26ClFN2O/c1-2-21(25(30)29-20-10-7-18(26)8-11-20)16-3-5-17(6-4-16)22-13-14-28-24-15-19(27)9-12-23(22)24/h7-17,21H,2-6H2,1H3,(H,29,30). The Morgan fingerprint density at radius 1 is 1.13 bits per heavy atom. The maximum absolute atomic E-state index is 13.6. The normalized spacial score (nSPS) is 20.1. The number of amides is 1. The van der Waals surface area contributed by atoms with Gasteiger partial charge in [-0.15, -0.1) is 0 Å². The van der Waals surface area contributed by atoms with Crippen LogP contribution in [0.2, 0.25) is 5.02 Å². The molecule has 0 saturated heterocycles. The largest absolute Gasteiger partial charge is 0.326 e. The predicted octanol–water partition coefficient (Wildman–Crippen LogP) is 6.97. The molecule has 0 radical (unpaired) electrons. The molecule has 1 atom stereocenters. The third kappa shape index (κ3) is 4.49. The second kappa shape index (κ2) is 9.13. The van der Waals surface area contributed by atoms with Crippen molar-refractivity contribution in [1.82, 2.24) is 4.98 Å². The third-order valence-electron chi connectivity index (χ3n) is 6.41. The molecule has 1 unspecified atom stereocenters. The number of anilines is 1. The molecule has 0 bridgehead atoms. The minimum absolute atomic E-state index is 0.00454. The lowest BCUT2D eigenvalue weighted by Crippen LogP contribution is -2.31. The van der Waals surface area contributed by atoms with Gasteiger partial charge in [-0.25, -0.2) is 4.39 Å². The molecule has 1 N–H and O–H groups in total. The molecule has 4 rings (SSSR count). The first kappa shape index (κ1) is 20.8. The summed E-state index contributed by atoms with van der Waals surface area (Å²) in [5.41, 5.74) is 2.74. The van der Waals surface area contributed by atoms with E-state index >= 15 is 0 Å². The summed E-state index contributed by atoms with van der Waals surface area (Å²) in [5.74, 6) is 0.643. The molecule has 5 heteroatoms. The first-order valence-electron chi connectivity index (χ1n) is 10.7. The van der Waals surface area contributed by atoms with Gasteiger partial charge < -0.3 is 5.32 Å². The lowest BCUT2D eigenvalue weighted by molar-refractivity contribution is -0.122. The van der Waals surface area contributed by atoms with E-state index in [1.807, 2.05) is 18.2 Å². The summed E-state index contributed by atoms with van der Waals surface area (Å²) < 4.78 is 13.6. The highest BCUT2D eigenvalue weighted by molar-refractivity contribution is 6.30. The molecule has 2 aromatic carbocycles. The maximum Gasteiger partial charge on any atom is 0.227 e. The van der Waals surface area contributed by atoms with Gasteiger partial charge in [-0.2, -0.15) is 0 Å². The number of carbonyl (C=O) groups is 1. The van der Waals surface area contributed by atoms with E-state index in [1.165, 1.54) is 17.7 Å². The van der Waals surface area contributed by atoms with Crippen LogP contribution >= 0.6 is 11.6 Å². The van der Waals surface area contributed by atoms with Gasteiger partial charge in [0.25, 0.3) is 0 Å². The molecule has 0 aliphatic heterocycles. The molecule has 1 aromatic heterocycles. The van der Waals surface area contributed by atoms with Crippen molar-refractivity contribution in [3.63, 3.8) is 0 Å². The number of hydrogen-bond acceptors (Lipinski definition) is 2. The maximum atomic E-state index is 13.6. The summed E-state index contributed by atoms with van der Waals surface area (Å²) in [5, 5.41) is 4.74. The van der Waals surface area contributed by atoms with Gasteiger partial charge in [-0.1, -0.05) is 18.5 Å². The Morgan fingerprint density at radius 2 is 1.87 bits per heavy atom. The molecule has 1 fully saturated rings. The summed E-state index contributed by atoms with van der Waals surface area (Å²) in [6, 6.07) is 14.2. The Morgan fingerprint density at radius 3 is 2.57 bits per heavy atom. The van der Waals surface area contributed by atoms with Gasteiger partial charge in [0.05, 0.1) is 5.52 Å². The molecule has 1 heterocycles. The zero-order chi connectivity index (χ0) is 21.1. The first-order chi connectivity index (χ1) is 14.5. The topological polar surface area (TPSA) is 42.0 Å². The summed E-state index contributed by atoms with van der Waals surface area (Å²) in [4.78, 5) is 17.2. The van der Waals surface area contributed by atoms with Crippen molar-refractivity contribution < 1.29 is 9.18 Å². The molecule has 30 heavy (non-hydrogen) atoms. The minimum atomic E-state index is -0.256. The van der Waals surface area contributed by atoms with E-state index in [-0.39, 0.29) is 17.6 Å². The Hall–Kier alpha value is -2.46. The van der Waals surface area contributed by atoms with Gasteiger partial charge >= 0.3 is 0 Å². The molecule has 156 valence electrons. The number of carbonyl (C=O) groups excluding carboxylic acids is 1. The molecule has 1 aliphatic carbocycles. The van der Waals surface area contributed by atoms with E-state index < -0.39 is 0 Å². The second-order valence-corrected chi connectivity index (χ2v) is 8.62. The van der Waals surface area contributed by atoms with Gasteiger partial charge in [0, 0.05) is 34.3 Å². The van der Waals surface area contributed by atoms with E-state index in [4.69, 9.17) is 11.6 Å². The minimum Gasteiger partial charge on any atom is -0.326 e. The van der Waals surface area contributed by atoms with E-state index in [1.54, 1.807) is 18.3 Å². The van der Waals surface area contributed by atoms with Crippen molar-refractivity contribution in [2.24, 2.45) is 11.8 Å². The molecule has 3 nitrogen and oxygen atoms in total. The Kier molecular flexibility index (Phi) is 6.33. The smallest absolute Gasteiger partial charge is 0.227 e. The molecule has 1 amide bonds. The quantitative estimate of drug-likeness (QED) is 0.480. The van der Waals surface area contributed by atoms with E-state index in [0.29, 0.717) is 22.4 Å². The molecular formula is C25H26ClFN2O. The monoisotopic (exact) mass is 424 g/mol. The molecule has 1 saturated carbocycles. The van der Waals surface area contributed by atoms with E-state index in [2.05, 4.69) is 23.3 Å². The first-order valence-corrected chi connectivity index (χ1v) is 11.0. The van der Waals surface area contributed by atoms with E-state index in [0.717, 1.165) is 43.2 Å². The summed E-state index contributed by atoms with van der Waals surface area (Å²) in [6.07, 6.45) is 6.70. The van der Waals surface area contributed by atoms with Crippen molar-refractivity contribution in [2.75, 3.05) is 5.32 Å². The fourth-order valence-electron chi connectivity index (χ4n) is 4.83. The zero-order valence-electron chi connectivity index (χ0n) is 17.1. The number of halogens is 2. The third-order valence-corrected chi connectivity index (χ3v) is 6.66. The van der Waals surface area contributed by atoms with Gasteiger partial charge in [0.15, 0.2) is 0 Å². The average Bonchev–Trinajstić information content (AvgIpc) is 2.76. The van der Waals surface area contributed by atoms with Crippen molar-refractivity contribution in [3.05, 3.63) is 71.1 Å². The summed E-state index contributed by atoms with van der Waals surface area (Å²) in [7, 11) is 0. The number of rotatable bonds is 5. The lowest BCUT2D eigenvalue weighted by atomic mass is 9.72. The molecular weight excluding hydrogens is 399 g/mol. The highest BCUT2D eigenvalue weighted by atomic mass is 35.5. The number of pyridine rings is 1. The van der Waals surface area contributed by atoms with Crippen LogP contribution in [0.25, 0.3) is 10.9 Å². The molecule has 1 aliphatic rings. The summed E-state index contributed by atoms with van der Waals surface area (Å²) in [6.45, 7) is 2.09. The van der Waals surface area contributed by atoms with Gasteiger partial charge in [-0.3, -0.25) is 9.78 Å². The van der Waals surface area contributed by atoms with E-state index in [9.17, 15) is 9.18 Å². The van der Waals surface area contributed by atoms with Crippen molar-refractivity contribution in [1.29, 1.82) is 0 Å². The van der Waals surface area contributed by atoms with Crippen LogP contribution in [-0.4, -0.2) is 10.9 Å². The number of benzene rings is 2. The highest BCUT2D eigenvalue weighted by Crippen LogP contribution is 2.41. The van der Waals surface area contributed by atoms with Crippen LogP contribution in [0.4, 0.5) is 10.1 Å². The fraction of sp³-hybridized carbons (Fsp3) is 0.360. The van der Waals surface area contributed by atoms with Crippen molar-refractivity contribution in [3.8, 4) is 0 Å². The number of nitrogens with zero attached hydrogens (tertiary/aromatic N) is 1. The van der Waals surface area contributed by atoms with Crippen LogP contribution in [0.3, 0.4) is 0 Å². The SMILES string of the molecule is CCC(C(=O)Nc1ccc(Cl)cc1)C1CCC(c2ccnc3cc(F)ccc23)CC1. The summed E-state index contributed by atoms with van der Waals surface area (Å²) >= 11 is 5.93. The predicted molar refractivity (Wildman–Crippen MR) is 120 cm³/mol. The average molecular weight is 425 g/mol. The number of nitrogens with one attached hydrogen (secondary N) is 1. The van der Waals surface area contributed by atoms with Crippen LogP contribution in [0, 0.1) is 17.7 Å². The number of fused-ring (bicyclic) bond motifs is 1. The zero-order valence-corrected chi connectivity index (χ0v) is 17.8.